The molecule has 0 bridgehead atoms. The Bertz CT molecular complexity index is 392. The van der Waals surface area contributed by atoms with Crippen LogP contribution in [0.5, 0.6) is 0 Å². The van der Waals surface area contributed by atoms with E-state index in [0.29, 0.717) is 0 Å². The normalized spacial score (nSPS) is 10.8. The number of aromatic nitrogens is 2. The fraction of sp³-hybridized carbons (Fsp3) is 0.455. The Kier molecular flexibility index (Phi) is 4.71. The second-order valence-corrected chi connectivity index (χ2v) is 3.91. The summed E-state index contributed by atoms with van der Waals surface area (Å²) in [5.41, 5.74) is 0.253. The van der Waals surface area contributed by atoms with E-state index in [2.05, 4.69) is 9.97 Å². The molecule has 0 saturated heterocycles. The van der Waals surface area contributed by atoms with Crippen molar-refractivity contribution in [3.8, 4) is 0 Å². The Morgan fingerprint density at radius 3 is 2.53 bits per heavy atom. The molecule has 1 rings (SSSR count). The summed E-state index contributed by atoms with van der Waals surface area (Å²) >= 11 is 0. The zero-order chi connectivity index (χ0) is 12.8. The minimum atomic E-state index is -0.953. The van der Waals surface area contributed by atoms with Gasteiger partial charge in [0.15, 0.2) is 5.78 Å². The number of ketones is 1. The first-order valence-electron chi connectivity index (χ1n) is 5.25. The summed E-state index contributed by atoms with van der Waals surface area (Å²) in [6, 6.07) is -0.0216. The molecule has 0 aliphatic heterocycles. The van der Waals surface area contributed by atoms with Crippen LogP contribution in [0.1, 0.15) is 24.3 Å². The lowest BCUT2D eigenvalue weighted by molar-refractivity contribution is -0.138. The van der Waals surface area contributed by atoms with Crippen molar-refractivity contribution < 1.29 is 14.7 Å². The van der Waals surface area contributed by atoms with Gasteiger partial charge in [-0.05, 0) is 13.8 Å². The average Bonchev–Trinajstić information content (AvgIpc) is 2.28. The Morgan fingerprint density at radius 2 is 2.06 bits per heavy atom. The molecule has 0 saturated carbocycles. The lowest BCUT2D eigenvalue weighted by Crippen LogP contribution is -2.39. The molecular weight excluding hydrogens is 222 g/mol. The molecule has 6 heteroatoms. The number of rotatable bonds is 6. The number of carboxylic acids is 1. The summed E-state index contributed by atoms with van der Waals surface area (Å²) in [4.78, 5) is 31.7. The van der Waals surface area contributed by atoms with Crippen molar-refractivity contribution in [2.24, 2.45) is 0 Å². The molecule has 0 aliphatic rings. The molecule has 0 aliphatic carbocycles. The molecule has 0 radical (unpaired) electrons. The third-order valence-electron chi connectivity index (χ3n) is 2.26. The van der Waals surface area contributed by atoms with Crippen molar-refractivity contribution in [2.75, 3.05) is 13.1 Å². The minimum absolute atomic E-state index is 0.0216. The molecule has 1 aromatic rings. The smallest absolute Gasteiger partial charge is 0.317 e. The number of Topliss-reactive ketones (excluding diaryl/α,β-unsaturated/α-hetero) is 1. The van der Waals surface area contributed by atoms with E-state index < -0.39 is 5.97 Å². The first-order chi connectivity index (χ1) is 8.00. The monoisotopic (exact) mass is 237 g/mol. The third-order valence-corrected chi connectivity index (χ3v) is 2.26. The van der Waals surface area contributed by atoms with Crippen LogP contribution in [0, 0.1) is 0 Å². The van der Waals surface area contributed by atoms with Crippen LogP contribution in [0.3, 0.4) is 0 Å². The van der Waals surface area contributed by atoms with Gasteiger partial charge in [-0.15, -0.1) is 0 Å². The zero-order valence-electron chi connectivity index (χ0n) is 9.83. The number of nitrogens with zero attached hydrogens (tertiary/aromatic N) is 3. The molecule has 17 heavy (non-hydrogen) atoms. The van der Waals surface area contributed by atoms with Gasteiger partial charge >= 0.3 is 5.97 Å². The molecule has 6 nitrogen and oxygen atoms in total. The van der Waals surface area contributed by atoms with Crippen LogP contribution in [-0.4, -0.2) is 50.9 Å². The van der Waals surface area contributed by atoms with E-state index in [1.807, 2.05) is 13.8 Å². The van der Waals surface area contributed by atoms with Crippen LogP contribution in [0.15, 0.2) is 18.6 Å². The fourth-order valence-electron chi connectivity index (χ4n) is 1.30. The Labute approximate surface area is 99.3 Å². The van der Waals surface area contributed by atoms with Crippen molar-refractivity contribution >= 4 is 11.8 Å². The maximum Gasteiger partial charge on any atom is 0.317 e. The average molecular weight is 237 g/mol. The zero-order valence-corrected chi connectivity index (χ0v) is 9.83. The number of aliphatic carboxylic acids is 1. The predicted molar refractivity (Wildman–Crippen MR) is 60.7 cm³/mol. The summed E-state index contributed by atoms with van der Waals surface area (Å²) in [6.45, 7) is 3.55. The standard InChI is InChI=1S/C11H15N3O3/c1-8(2)14(7-11(16)17)6-10(15)9-5-12-3-4-13-9/h3-5,8H,6-7H2,1-2H3,(H,16,17). The van der Waals surface area contributed by atoms with E-state index in [4.69, 9.17) is 5.11 Å². The Morgan fingerprint density at radius 1 is 1.35 bits per heavy atom. The van der Waals surface area contributed by atoms with Gasteiger partial charge in [-0.25, -0.2) is 4.98 Å². The summed E-state index contributed by atoms with van der Waals surface area (Å²) in [5, 5.41) is 8.74. The van der Waals surface area contributed by atoms with Gasteiger partial charge in [0.2, 0.25) is 0 Å². The summed E-state index contributed by atoms with van der Waals surface area (Å²) in [7, 11) is 0. The fourth-order valence-corrected chi connectivity index (χ4v) is 1.30. The number of hydrogen-bond donors (Lipinski definition) is 1. The number of carbonyl (C=O) groups excluding carboxylic acids is 1. The van der Waals surface area contributed by atoms with E-state index >= 15 is 0 Å². The molecule has 1 heterocycles. The maximum absolute atomic E-state index is 11.8. The highest BCUT2D eigenvalue weighted by Gasteiger charge is 2.18. The van der Waals surface area contributed by atoms with Gasteiger partial charge in [0.05, 0.1) is 19.3 Å². The topological polar surface area (TPSA) is 83.4 Å². The van der Waals surface area contributed by atoms with Crippen LogP contribution >= 0.6 is 0 Å². The molecule has 0 atom stereocenters. The van der Waals surface area contributed by atoms with Crippen molar-refractivity contribution in [3.63, 3.8) is 0 Å². The van der Waals surface area contributed by atoms with Crippen LogP contribution in [0.25, 0.3) is 0 Å². The molecule has 92 valence electrons. The second kappa shape index (κ2) is 6.05. The van der Waals surface area contributed by atoms with Crippen LogP contribution in [0.2, 0.25) is 0 Å². The van der Waals surface area contributed by atoms with E-state index in [9.17, 15) is 9.59 Å². The van der Waals surface area contributed by atoms with Crippen molar-refractivity contribution in [3.05, 3.63) is 24.3 Å². The molecule has 0 unspecified atom stereocenters. The highest BCUT2D eigenvalue weighted by Crippen LogP contribution is 2.01. The maximum atomic E-state index is 11.8. The van der Waals surface area contributed by atoms with Crippen LogP contribution in [-0.2, 0) is 4.79 Å². The molecule has 0 aromatic carbocycles. The van der Waals surface area contributed by atoms with E-state index in [1.54, 1.807) is 4.90 Å². The molecule has 0 amide bonds. The van der Waals surface area contributed by atoms with E-state index in [1.165, 1.54) is 18.6 Å². The third kappa shape index (κ3) is 4.28. The summed E-state index contributed by atoms with van der Waals surface area (Å²) < 4.78 is 0. The second-order valence-electron chi connectivity index (χ2n) is 3.91. The summed E-state index contributed by atoms with van der Waals surface area (Å²) in [5.74, 6) is -1.18. The van der Waals surface area contributed by atoms with Crippen LogP contribution in [0.4, 0.5) is 0 Å². The van der Waals surface area contributed by atoms with Crippen LogP contribution < -0.4 is 0 Å². The van der Waals surface area contributed by atoms with Crippen molar-refractivity contribution in [2.45, 2.75) is 19.9 Å². The largest absolute Gasteiger partial charge is 0.480 e. The van der Waals surface area contributed by atoms with Gasteiger partial charge in [-0.2, -0.15) is 0 Å². The van der Waals surface area contributed by atoms with E-state index in [-0.39, 0.29) is 30.6 Å². The first kappa shape index (κ1) is 13.2. The van der Waals surface area contributed by atoms with Crippen molar-refractivity contribution in [1.82, 2.24) is 14.9 Å². The first-order valence-corrected chi connectivity index (χ1v) is 5.25. The predicted octanol–water partition coefficient (Wildman–Crippen LogP) is 0.454. The van der Waals surface area contributed by atoms with Crippen molar-refractivity contribution in [1.29, 1.82) is 0 Å². The molecule has 1 N–H and O–H groups in total. The van der Waals surface area contributed by atoms with Gasteiger partial charge in [0.25, 0.3) is 0 Å². The van der Waals surface area contributed by atoms with Gasteiger partial charge in [0, 0.05) is 18.4 Å². The SMILES string of the molecule is CC(C)N(CC(=O)O)CC(=O)c1cnccn1. The number of hydrogen-bond acceptors (Lipinski definition) is 5. The lowest BCUT2D eigenvalue weighted by Gasteiger charge is -2.23. The quantitative estimate of drug-likeness (QED) is 0.723. The van der Waals surface area contributed by atoms with E-state index in [0.717, 1.165) is 0 Å². The lowest BCUT2D eigenvalue weighted by atomic mass is 10.2. The highest BCUT2D eigenvalue weighted by atomic mass is 16.4. The Balaban J connectivity index is 2.68. The number of carboxylic acid groups (broad SMARTS) is 1. The molecule has 1 aromatic heterocycles. The Hall–Kier alpha value is -1.82. The minimum Gasteiger partial charge on any atom is -0.480 e. The molecule has 0 fully saturated rings. The van der Waals surface area contributed by atoms with Gasteiger partial charge in [0.1, 0.15) is 5.69 Å². The molecular formula is C11H15N3O3. The summed E-state index contributed by atoms with van der Waals surface area (Å²) in [6.07, 6.45) is 4.29. The number of carbonyl (C=O) groups is 2. The molecule has 0 spiro atoms. The van der Waals surface area contributed by atoms with Gasteiger partial charge in [-0.3, -0.25) is 19.5 Å². The van der Waals surface area contributed by atoms with Gasteiger partial charge in [-0.1, -0.05) is 0 Å². The van der Waals surface area contributed by atoms with Gasteiger partial charge < -0.3 is 5.11 Å². The highest BCUT2D eigenvalue weighted by molar-refractivity contribution is 5.95.